The van der Waals surface area contributed by atoms with E-state index in [9.17, 15) is 38.9 Å². The topological polar surface area (TPSA) is 217 Å². The van der Waals surface area contributed by atoms with Gasteiger partial charge in [0.15, 0.2) is 0 Å². The number of nitrogens with one attached hydrogen (secondary N) is 4. The molecule has 15 heteroatoms. The average Bonchev–Trinajstić information content (AvgIpc) is 3.50. The lowest BCUT2D eigenvalue weighted by Gasteiger charge is -2.29. The van der Waals surface area contributed by atoms with Gasteiger partial charge in [-0.1, -0.05) is 30.3 Å². The fourth-order valence-corrected chi connectivity index (χ4v) is 4.77. The predicted octanol–water partition coefficient (Wildman–Crippen LogP) is 1.13. The highest BCUT2D eigenvalue weighted by molar-refractivity contribution is 5.99. The molecular weight excluding hydrogens is 588 g/mol. The Kier molecular flexibility index (Phi) is 12.1. The number of non-ortho nitro benzene ring substituents is 1. The van der Waals surface area contributed by atoms with Gasteiger partial charge in [0.05, 0.1) is 11.3 Å². The zero-order chi connectivity index (χ0) is 33.1. The van der Waals surface area contributed by atoms with Crippen LogP contribution in [0.5, 0.6) is 0 Å². The molecule has 45 heavy (non-hydrogen) atoms. The Morgan fingerprint density at radius 2 is 1.58 bits per heavy atom. The van der Waals surface area contributed by atoms with Gasteiger partial charge in [-0.15, -0.1) is 0 Å². The van der Waals surface area contributed by atoms with Gasteiger partial charge in [-0.05, 0) is 44.4 Å². The first-order valence-electron chi connectivity index (χ1n) is 14.4. The Bertz CT molecular complexity index is 1420. The monoisotopic (exact) mass is 624 g/mol. The van der Waals surface area contributed by atoms with E-state index in [4.69, 9.17) is 5.11 Å². The van der Waals surface area contributed by atoms with Crippen molar-refractivity contribution in [3.63, 3.8) is 0 Å². The summed E-state index contributed by atoms with van der Waals surface area (Å²) in [5.41, 5.74) is 0.919. The van der Waals surface area contributed by atoms with E-state index in [2.05, 4.69) is 21.3 Å². The number of likely N-dealkylation sites (tertiary alicyclic amines) is 1. The largest absolute Gasteiger partial charge is 0.481 e. The summed E-state index contributed by atoms with van der Waals surface area (Å²) < 4.78 is 0. The van der Waals surface area contributed by atoms with E-state index < -0.39 is 71.0 Å². The summed E-state index contributed by atoms with van der Waals surface area (Å²) in [6.07, 6.45) is 0.283. The molecule has 15 nitrogen and oxygen atoms in total. The minimum Gasteiger partial charge on any atom is -0.481 e. The Morgan fingerprint density at radius 1 is 0.911 bits per heavy atom. The van der Waals surface area contributed by atoms with Crippen LogP contribution >= 0.6 is 0 Å². The van der Waals surface area contributed by atoms with E-state index in [0.717, 1.165) is 5.56 Å². The average molecular weight is 625 g/mol. The second-order valence-corrected chi connectivity index (χ2v) is 10.6. The van der Waals surface area contributed by atoms with E-state index in [1.54, 1.807) is 24.3 Å². The third-order valence-corrected chi connectivity index (χ3v) is 7.17. The number of hydrogen-bond acceptors (Lipinski definition) is 8. The Morgan fingerprint density at radius 3 is 2.20 bits per heavy atom. The van der Waals surface area contributed by atoms with Gasteiger partial charge in [-0.3, -0.25) is 38.9 Å². The number of carbonyl (C=O) groups excluding carboxylic acids is 5. The summed E-state index contributed by atoms with van der Waals surface area (Å²) >= 11 is 0. The lowest BCUT2D eigenvalue weighted by Crippen LogP contribution is -2.56. The van der Waals surface area contributed by atoms with Crippen LogP contribution < -0.4 is 21.3 Å². The van der Waals surface area contributed by atoms with Crippen molar-refractivity contribution in [1.29, 1.82) is 0 Å². The van der Waals surface area contributed by atoms with Gasteiger partial charge in [-0.2, -0.15) is 0 Å². The molecule has 1 aliphatic heterocycles. The zero-order valence-corrected chi connectivity index (χ0v) is 24.9. The van der Waals surface area contributed by atoms with Gasteiger partial charge in [0.25, 0.3) is 5.69 Å². The van der Waals surface area contributed by atoms with Gasteiger partial charge in [0.1, 0.15) is 24.2 Å². The number of hydrogen-bond donors (Lipinski definition) is 5. The predicted molar refractivity (Wildman–Crippen MR) is 161 cm³/mol. The molecule has 3 rings (SSSR count). The molecule has 1 aliphatic rings. The van der Waals surface area contributed by atoms with Crippen molar-refractivity contribution in [3.8, 4) is 0 Å². The molecule has 0 radical (unpaired) electrons. The molecule has 240 valence electrons. The fraction of sp³-hybridized carbons (Fsp3) is 0.400. The molecule has 1 heterocycles. The summed E-state index contributed by atoms with van der Waals surface area (Å²) in [5.74, 6) is -4.08. The number of rotatable bonds is 14. The van der Waals surface area contributed by atoms with Crippen LogP contribution in [0.25, 0.3) is 0 Å². The molecule has 5 amide bonds. The number of carboxylic acids is 1. The number of benzene rings is 2. The first-order valence-corrected chi connectivity index (χ1v) is 14.4. The molecule has 5 N–H and O–H groups in total. The van der Waals surface area contributed by atoms with Crippen molar-refractivity contribution in [2.45, 2.75) is 70.1 Å². The normalized spacial score (nSPS) is 16.0. The van der Waals surface area contributed by atoms with Crippen molar-refractivity contribution in [2.75, 3.05) is 11.9 Å². The summed E-state index contributed by atoms with van der Waals surface area (Å²) in [4.78, 5) is 86.9. The van der Waals surface area contributed by atoms with Crippen LogP contribution in [0.15, 0.2) is 54.6 Å². The van der Waals surface area contributed by atoms with Crippen molar-refractivity contribution >= 4 is 46.9 Å². The van der Waals surface area contributed by atoms with E-state index >= 15 is 0 Å². The quantitative estimate of drug-likeness (QED) is 0.150. The van der Waals surface area contributed by atoms with Gasteiger partial charge in [0, 0.05) is 37.2 Å². The SMILES string of the molecule is C[C@H](NC(=O)CCC(=O)O)C(=O)N[C@H](C)C(=O)N1CCC[C@@H]1C(=O)N[C@H](Cc1ccccc1)C(=O)Nc1ccc([N+](=O)[O-])cc1. The highest BCUT2D eigenvalue weighted by atomic mass is 16.6. The van der Waals surface area contributed by atoms with E-state index in [1.165, 1.54) is 43.0 Å². The van der Waals surface area contributed by atoms with Gasteiger partial charge in [-0.25, -0.2) is 0 Å². The standard InChI is InChI=1S/C30H36N6O9/c1-18(31-25(37)14-15-26(38)39)27(40)32-19(2)30(43)35-16-6-9-24(35)29(42)34-23(17-20-7-4-3-5-8-20)28(41)33-21-10-12-22(13-11-21)36(44)45/h3-5,7-8,10-13,18-19,23-24H,6,9,14-17H2,1-2H3,(H,31,37)(H,32,40)(H,33,41)(H,34,42)(H,38,39)/t18-,19+,23+,24+/m0/s1. The first-order chi connectivity index (χ1) is 21.3. The summed E-state index contributed by atoms with van der Waals surface area (Å²) in [5, 5.41) is 30.0. The van der Waals surface area contributed by atoms with E-state index in [1.807, 2.05) is 6.07 Å². The minimum atomic E-state index is -1.15. The van der Waals surface area contributed by atoms with Gasteiger partial charge >= 0.3 is 5.97 Å². The number of nitro groups is 1. The number of carboxylic acid groups (broad SMARTS) is 1. The number of anilines is 1. The lowest BCUT2D eigenvalue weighted by atomic mass is 10.0. The third-order valence-electron chi connectivity index (χ3n) is 7.17. The molecule has 0 saturated carbocycles. The van der Waals surface area contributed by atoms with Crippen LogP contribution in [0.2, 0.25) is 0 Å². The molecule has 1 fully saturated rings. The van der Waals surface area contributed by atoms with Crippen molar-refractivity contribution in [3.05, 3.63) is 70.3 Å². The maximum absolute atomic E-state index is 13.5. The molecule has 0 aromatic heterocycles. The van der Waals surface area contributed by atoms with Crippen LogP contribution in [0.1, 0.15) is 45.1 Å². The number of aliphatic carboxylic acids is 1. The summed E-state index contributed by atoms with van der Waals surface area (Å²) in [7, 11) is 0. The molecular formula is C30H36N6O9. The smallest absolute Gasteiger partial charge is 0.303 e. The Hall–Kier alpha value is -5.34. The number of amides is 5. The van der Waals surface area contributed by atoms with Crippen LogP contribution in [0.4, 0.5) is 11.4 Å². The Balaban J connectivity index is 1.65. The summed E-state index contributed by atoms with van der Waals surface area (Å²) in [6.45, 7) is 3.09. The highest BCUT2D eigenvalue weighted by Crippen LogP contribution is 2.20. The fourth-order valence-electron chi connectivity index (χ4n) is 4.77. The molecule has 2 aromatic rings. The van der Waals surface area contributed by atoms with Crippen LogP contribution in [-0.2, 0) is 35.2 Å². The maximum atomic E-state index is 13.5. The van der Waals surface area contributed by atoms with Gasteiger partial charge in [0.2, 0.25) is 29.5 Å². The number of nitro benzene ring substituents is 1. The lowest BCUT2D eigenvalue weighted by molar-refractivity contribution is -0.384. The Labute approximate surface area is 258 Å². The van der Waals surface area contributed by atoms with Crippen LogP contribution in [0, 0.1) is 10.1 Å². The second-order valence-electron chi connectivity index (χ2n) is 10.6. The highest BCUT2D eigenvalue weighted by Gasteiger charge is 2.38. The van der Waals surface area contributed by atoms with Crippen molar-refractivity contribution in [1.82, 2.24) is 20.9 Å². The van der Waals surface area contributed by atoms with Crippen LogP contribution in [0.3, 0.4) is 0 Å². The molecule has 0 aliphatic carbocycles. The van der Waals surface area contributed by atoms with Crippen LogP contribution in [-0.4, -0.2) is 81.1 Å². The zero-order valence-electron chi connectivity index (χ0n) is 24.9. The molecule has 2 aromatic carbocycles. The maximum Gasteiger partial charge on any atom is 0.303 e. The van der Waals surface area contributed by atoms with Crippen molar-refractivity contribution < 1.29 is 38.8 Å². The van der Waals surface area contributed by atoms with Crippen molar-refractivity contribution in [2.24, 2.45) is 0 Å². The minimum absolute atomic E-state index is 0.134. The molecule has 0 bridgehead atoms. The number of nitrogens with zero attached hydrogens (tertiary/aromatic N) is 2. The van der Waals surface area contributed by atoms with Gasteiger partial charge < -0.3 is 31.3 Å². The molecule has 4 atom stereocenters. The van der Waals surface area contributed by atoms with E-state index in [-0.39, 0.29) is 25.1 Å². The van der Waals surface area contributed by atoms with E-state index in [0.29, 0.717) is 18.5 Å². The summed E-state index contributed by atoms with van der Waals surface area (Å²) in [6, 6.07) is 10.2. The molecule has 0 unspecified atom stereocenters. The third kappa shape index (κ3) is 10.1. The second kappa shape index (κ2) is 15.9. The number of carbonyl (C=O) groups is 6. The first kappa shape index (κ1) is 34.2. The molecule has 0 spiro atoms. The molecule has 1 saturated heterocycles.